The highest BCUT2D eigenvalue weighted by molar-refractivity contribution is 7.80. The summed E-state index contributed by atoms with van der Waals surface area (Å²) in [5.74, 6) is 0.346. The summed E-state index contributed by atoms with van der Waals surface area (Å²) in [7, 11) is 0. The van der Waals surface area contributed by atoms with E-state index in [4.69, 9.17) is 12.6 Å². The average molecular weight is 295 g/mol. The van der Waals surface area contributed by atoms with Gasteiger partial charge in [-0.3, -0.25) is 0 Å². The zero-order valence-electron chi connectivity index (χ0n) is 13.1. The Morgan fingerprint density at radius 1 is 1.00 bits per heavy atom. The highest BCUT2D eigenvalue weighted by Gasteiger charge is 2.09. The van der Waals surface area contributed by atoms with Gasteiger partial charge in [0, 0.05) is 5.25 Å². The first-order chi connectivity index (χ1) is 9.65. The fraction of sp³-hybridized carbons (Fsp3) is 0.667. The molecular formula is C18H30OS. The van der Waals surface area contributed by atoms with Crippen LogP contribution in [0.4, 0.5) is 0 Å². The van der Waals surface area contributed by atoms with Crippen molar-refractivity contribution in [3.8, 4) is 5.75 Å². The Balaban J connectivity index is 2.15. The van der Waals surface area contributed by atoms with Crippen LogP contribution in [-0.4, -0.2) is 5.11 Å². The van der Waals surface area contributed by atoms with Crippen LogP contribution in [-0.2, 0) is 0 Å². The Morgan fingerprint density at radius 3 is 2.20 bits per heavy atom. The summed E-state index contributed by atoms with van der Waals surface area (Å²) in [6, 6.07) is 5.60. The van der Waals surface area contributed by atoms with Gasteiger partial charge in [0.25, 0.3) is 0 Å². The van der Waals surface area contributed by atoms with Gasteiger partial charge < -0.3 is 5.11 Å². The van der Waals surface area contributed by atoms with Crippen LogP contribution >= 0.6 is 12.6 Å². The third kappa shape index (κ3) is 6.69. The van der Waals surface area contributed by atoms with E-state index in [2.05, 4.69) is 6.92 Å². The Morgan fingerprint density at radius 2 is 1.60 bits per heavy atom. The van der Waals surface area contributed by atoms with E-state index in [0.29, 0.717) is 11.0 Å². The number of benzene rings is 1. The van der Waals surface area contributed by atoms with Gasteiger partial charge >= 0.3 is 0 Å². The molecule has 0 spiro atoms. The summed E-state index contributed by atoms with van der Waals surface area (Å²) in [6.45, 7) is 4.31. The third-order valence-electron chi connectivity index (χ3n) is 3.94. The number of rotatable bonds is 10. The summed E-state index contributed by atoms with van der Waals surface area (Å²) in [6.07, 6.45) is 12.0. The molecule has 0 heterocycles. The quantitative estimate of drug-likeness (QED) is 0.388. The van der Waals surface area contributed by atoms with E-state index in [1.807, 2.05) is 19.1 Å². The molecule has 0 aliphatic heterocycles. The molecule has 0 amide bonds. The zero-order valence-corrected chi connectivity index (χ0v) is 14.0. The molecule has 1 aromatic carbocycles. The maximum Gasteiger partial charge on any atom is 0.115 e. The van der Waals surface area contributed by atoms with E-state index in [9.17, 15) is 5.11 Å². The molecule has 2 heteroatoms. The molecule has 1 rings (SSSR count). The van der Waals surface area contributed by atoms with Crippen molar-refractivity contribution in [3.63, 3.8) is 0 Å². The van der Waals surface area contributed by atoms with Crippen molar-refractivity contribution in [1.29, 1.82) is 0 Å². The summed E-state index contributed by atoms with van der Waals surface area (Å²) < 4.78 is 0. The summed E-state index contributed by atoms with van der Waals surface area (Å²) in [5, 5.41) is 9.73. The van der Waals surface area contributed by atoms with Crippen molar-refractivity contribution >= 4 is 12.6 Å². The van der Waals surface area contributed by atoms with Crippen LogP contribution in [0.2, 0.25) is 0 Å². The molecule has 1 atom stereocenters. The van der Waals surface area contributed by atoms with Crippen LogP contribution in [0.25, 0.3) is 0 Å². The predicted molar refractivity (Wildman–Crippen MR) is 91.8 cm³/mol. The lowest BCUT2D eigenvalue weighted by atomic mass is 10.00. The maximum atomic E-state index is 9.43. The van der Waals surface area contributed by atoms with Gasteiger partial charge in [-0.2, -0.15) is 12.6 Å². The maximum absolute atomic E-state index is 9.43. The molecule has 20 heavy (non-hydrogen) atoms. The number of phenolic OH excluding ortho intramolecular Hbond substituents is 1. The summed E-state index contributed by atoms with van der Waals surface area (Å²) in [4.78, 5) is 0. The van der Waals surface area contributed by atoms with Gasteiger partial charge in [-0.05, 0) is 36.6 Å². The molecule has 0 saturated carbocycles. The minimum Gasteiger partial charge on any atom is -0.508 e. The minimum absolute atomic E-state index is 0.302. The van der Waals surface area contributed by atoms with E-state index in [1.54, 1.807) is 6.07 Å². The largest absolute Gasteiger partial charge is 0.508 e. The molecule has 1 nitrogen and oxygen atoms in total. The van der Waals surface area contributed by atoms with Crippen LogP contribution in [0, 0.1) is 6.92 Å². The smallest absolute Gasteiger partial charge is 0.115 e. The van der Waals surface area contributed by atoms with E-state index >= 15 is 0 Å². The fourth-order valence-corrected chi connectivity index (χ4v) is 3.13. The fourth-order valence-electron chi connectivity index (χ4n) is 2.66. The van der Waals surface area contributed by atoms with Gasteiger partial charge in [0.05, 0.1) is 0 Å². The van der Waals surface area contributed by atoms with Gasteiger partial charge in [-0.15, -0.1) is 0 Å². The Kier molecular flexibility index (Phi) is 8.84. The molecule has 0 saturated heterocycles. The summed E-state index contributed by atoms with van der Waals surface area (Å²) in [5.41, 5.74) is 2.40. The van der Waals surface area contributed by atoms with Gasteiger partial charge in [-0.1, -0.05) is 64.4 Å². The number of phenols is 1. The lowest BCUT2D eigenvalue weighted by Gasteiger charge is -2.14. The number of aryl methyl sites for hydroxylation is 1. The molecule has 0 aliphatic rings. The molecule has 1 unspecified atom stereocenters. The Labute approximate surface area is 130 Å². The second-order valence-electron chi connectivity index (χ2n) is 5.82. The van der Waals surface area contributed by atoms with E-state index < -0.39 is 0 Å². The average Bonchev–Trinajstić information content (AvgIpc) is 2.41. The third-order valence-corrected chi connectivity index (χ3v) is 4.48. The van der Waals surface area contributed by atoms with E-state index in [0.717, 1.165) is 12.0 Å². The number of unbranched alkanes of at least 4 members (excludes halogenated alkanes) is 7. The van der Waals surface area contributed by atoms with Gasteiger partial charge in [-0.25, -0.2) is 0 Å². The van der Waals surface area contributed by atoms with E-state index in [1.165, 1.54) is 56.9 Å². The molecular weight excluding hydrogens is 264 g/mol. The van der Waals surface area contributed by atoms with E-state index in [-0.39, 0.29) is 0 Å². The van der Waals surface area contributed by atoms with Gasteiger partial charge in [0.15, 0.2) is 0 Å². The SMILES string of the molecule is CCCCCCCCCCC(S)c1ccc(O)cc1C. The topological polar surface area (TPSA) is 20.2 Å². The first kappa shape index (κ1) is 17.4. The monoisotopic (exact) mass is 294 g/mol. The molecule has 0 aliphatic carbocycles. The normalized spacial score (nSPS) is 12.6. The number of thiol groups is 1. The Hall–Kier alpha value is -0.630. The second-order valence-corrected chi connectivity index (χ2v) is 6.44. The molecule has 1 N–H and O–H groups in total. The lowest BCUT2D eigenvalue weighted by molar-refractivity contribution is 0.474. The van der Waals surface area contributed by atoms with Crippen molar-refractivity contribution in [2.24, 2.45) is 0 Å². The standard InChI is InChI=1S/C18H30OS/c1-3-4-5-6-7-8-9-10-11-18(20)17-13-12-16(19)14-15(17)2/h12-14,18-20H,3-11H2,1-2H3. The molecule has 1 aromatic rings. The molecule has 0 fully saturated rings. The molecule has 0 aromatic heterocycles. The molecule has 0 radical (unpaired) electrons. The first-order valence-electron chi connectivity index (χ1n) is 8.12. The highest BCUT2D eigenvalue weighted by Crippen LogP contribution is 2.30. The van der Waals surface area contributed by atoms with Crippen LogP contribution in [0.5, 0.6) is 5.75 Å². The van der Waals surface area contributed by atoms with Gasteiger partial charge in [0.2, 0.25) is 0 Å². The van der Waals surface area contributed by atoms with Gasteiger partial charge in [0.1, 0.15) is 5.75 Å². The van der Waals surface area contributed by atoms with Crippen LogP contribution in [0.3, 0.4) is 0 Å². The number of hydrogen-bond donors (Lipinski definition) is 2. The van der Waals surface area contributed by atoms with Crippen molar-refractivity contribution in [3.05, 3.63) is 29.3 Å². The molecule has 0 bridgehead atoms. The van der Waals surface area contributed by atoms with Crippen molar-refractivity contribution < 1.29 is 5.11 Å². The van der Waals surface area contributed by atoms with Crippen molar-refractivity contribution in [2.45, 2.75) is 76.9 Å². The van der Waals surface area contributed by atoms with Crippen LogP contribution < -0.4 is 0 Å². The van der Waals surface area contributed by atoms with Crippen LogP contribution in [0.1, 0.15) is 81.1 Å². The lowest BCUT2D eigenvalue weighted by Crippen LogP contribution is -1.94. The van der Waals surface area contributed by atoms with Crippen molar-refractivity contribution in [1.82, 2.24) is 0 Å². The molecule has 114 valence electrons. The van der Waals surface area contributed by atoms with Crippen molar-refractivity contribution in [2.75, 3.05) is 0 Å². The Bertz CT molecular complexity index is 376. The predicted octanol–water partition coefficient (Wildman–Crippen LogP) is 6.20. The zero-order chi connectivity index (χ0) is 14.8. The summed E-state index contributed by atoms with van der Waals surface area (Å²) >= 11 is 4.71. The second kappa shape index (κ2) is 10.1. The number of aromatic hydroxyl groups is 1. The highest BCUT2D eigenvalue weighted by atomic mass is 32.1. The minimum atomic E-state index is 0.302. The first-order valence-corrected chi connectivity index (χ1v) is 8.64. The number of hydrogen-bond acceptors (Lipinski definition) is 2. The van der Waals surface area contributed by atoms with Crippen LogP contribution in [0.15, 0.2) is 18.2 Å².